The zero-order valence-electron chi connectivity index (χ0n) is 18.9. The first-order chi connectivity index (χ1) is 16.5. The summed E-state index contributed by atoms with van der Waals surface area (Å²) in [6, 6.07) is 10.4. The smallest absolute Gasteiger partial charge is 0.432 e. The van der Waals surface area contributed by atoms with E-state index in [1.54, 1.807) is 19.1 Å². The van der Waals surface area contributed by atoms with Crippen LogP contribution in [0.15, 0.2) is 52.4 Å². The number of amidine groups is 1. The lowest BCUT2D eigenvalue weighted by Gasteiger charge is -2.25. The number of alkyl halides is 3. The monoisotopic (exact) mass is 492 g/mol. The quantitative estimate of drug-likeness (QED) is 0.502. The summed E-state index contributed by atoms with van der Waals surface area (Å²) in [6.07, 6.45) is -4.89. The first-order valence-electron chi connectivity index (χ1n) is 10.6. The van der Waals surface area contributed by atoms with Crippen molar-refractivity contribution in [1.82, 2.24) is 0 Å². The van der Waals surface area contributed by atoms with Gasteiger partial charge in [-0.2, -0.15) is 13.2 Å². The molecule has 0 spiro atoms. The predicted molar refractivity (Wildman–Crippen MR) is 121 cm³/mol. The molecule has 1 heterocycles. The maximum atomic E-state index is 13.7. The summed E-state index contributed by atoms with van der Waals surface area (Å²) in [6.45, 7) is 1.70. The van der Waals surface area contributed by atoms with E-state index in [0.29, 0.717) is 23.3 Å². The van der Waals surface area contributed by atoms with Crippen LogP contribution in [0.1, 0.15) is 41.3 Å². The van der Waals surface area contributed by atoms with Crippen LogP contribution in [0.2, 0.25) is 0 Å². The van der Waals surface area contributed by atoms with Crippen molar-refractivity contribution in [3.63, 3.8) is 0 Å². The van der Waals surface area contributed by atoms with E-state index in [-0.39, 0.29) is 30.2 Å². The van der Waals surface area contributed by atoms with Gasteiger partial charge in [-0.1, -0.05) is 31.2 Å². The molecule has 1 unspecified atom stereocenters. The van der Waals surface area contributed by atoms with Crippen LogP contribution in [-0.4, -0.2) is 52.5 Å². The van der Waals surface area contributed by atoms with Crippen molar-refractivity contribution in [1.29, 1.82) is 0 Å². The summed E-state index contributed by atoms with van der Waals surface area (Å²) in [5.74, 6) is -2.53. The Labute approximate surface area is 198 Å². The van der Waals surface area contributed by atoms with Crippen LogP contribution in [0.4, 0.5) is 13.2 Å². The molecule has 0 fully saturated rings. The minimum Gasteiger partial charge on any atom is -0.495 e. The van der Waals surface area contributed by atoms with Crippen LogP contribution in [-0.2, 0) is 17.8 Å². The predicted octanol–water partition coefficient (Wildman–Crippen LogP) is 4.55. The van der Waals surface area contributed by atoms with Crippen LogP contribution in [0, 0.1) is 0 Å². The molecule has 35 heavy (non-hydrogen) atoms. The van der Waals surface area contributed by atoms with Gasteiger partial charge in [0, 0.05) is 18.4 Å². The summed E-state index contributed by atoms with van der Waals surface area (Å²) in [5, 5.41) is 19.0. The molecular formula is C24H23F3N2O6. The SMILES string of the molecule is CCCC1=NC(Cc2ccc(OCc3cccc(C(=O)O)c3OC)cc2)(C(=O)O)C(C(F)(F)F)=N1. The van der Waals surface area contributed by atoms with Gasteiger partial charge in [-0.3, -0.25) is 0 Å². The molecule has 1 atom stereocenters. The Bertz CT molecular complexity index is 1170. The highest BCUT2D eigenvalue weighted by Gasteiger charge is 2.58. The lowest BCUT2D eigenvalue weighted by molar-refractivity contribution is -0.142. The fraction of sp³-hybridized carbons (Fsp3) is 0.333. The molecule has 186 valence electrons. The van der Waals surface area contributed by atoms with Gasteiger partial charge in [-0.25, -0.2) is 19.6 Å². The number of carboxylic acids is 2. The minimum atomic E-state index is -4.95. The Balaban J connectivity index is 1.81. The molecule has 0 radical (unpaired) electrons. The zero-order chi connectivity index (χ0) is 25.8. The largest absolute Gasteiger partial charge is 0.495 e. The lowest BCUT2D eigenvalue weighted by atomic mass is 9.86. The molecule has 1 aliphatic rings. The molecule has 0 aliphatic carbocycles. The average Bonchev–Trinajstić information content (AvgIpc) is 3.18. The van der Waals surface area contributed by atoms with Gasteiger partial charge in [0.1, 0.15) is 29.5 Å². The van der Waals surface area contributed by atoms with Gasteiger partial charge in [-0.05, 0) is 30.2 Å². The second-order valence-corrected chi connectivity index (χ2v) is 7.81. The van der Waals surface area contributed by atoms with Gasteiger partial charge in [0.05, 0.1) is 7.11 Å². The fourth-order valence-corrected chi connectivity index (χ4v) is 3.77. The molecule has 11 heteroatoms. The molecule has 3 rings (SSSR count). The van der Waals surface area contributed by atoms with Gasteiger partial charge in [0.15, 0.2) is 5.71 Å². The molecule has 2 N–H and O–H groups in total. The fourth-order valence-electron chi connectivity index (χ4n) is 3.77. The molecule has 2 aromatic rings. The number of rotatable bonds is 10. The van der Waals surface area contributed by atoms with E-state index in [2.05, 4.69) is 9.98 Å². The van der Waals surface area contributed by atoms with E-state index in [1.807, 2.05) is 0 Å². The molecule has 0 saturated carbocycles. The van der Waals surface area contributed by atoms with Gasteiger partial charge < -0.3 is 19.7 Å². The number of halogens is 3. The van der Waals surface area contributed by atoms with Crippen molar-refractivity contribution >= 4 is 23.5 Å². The highest BCUT2D eigenvalue weighted by Crippen LogP contribution is 2.36. The van der Waals surface area contributed by atoms with E-state index in [0.717, 1.165) is 0 Å². The number of benzene rings is 2. The normalized spacial score (nSPS) is 17.5. The topological polar surface area (TPSA) is 118 Å². The Morgan fingerprint density at radius 3 is 2.31 bits per heavy atom. The molecule has 0 amide bonds. The standard InChI is InChI=1S/C24H23F3N2O6/c1-3-5-18-28-21(24(25,26)27)23(29-18,22(32)33)12-14-8-10-16(11-9-14)35-13-15-6-4-7-17(20(30)31)19(15)34-2/h4,6-11H,3,5,12-13H2,1-2H3,(H,30,31)(H,32,33). The van der Waals surface area contributed by atoms with E-state index < -0.39 is 35.8 Å². The summed E-state index contributed by atoms with van der Waals surface area (Å²) in [4.78, 5) is 30.8. The molecular weight excluding hydrogens is 469 g/mol. The zero-order valence-corrected chi connectivity index (χ0v) is 18.9. The maximum Gasteiger partial charge on any atom is 0.432 e. The van der Waals surface area contributed by atoms with Crippen molar-refractivity contribution in [2.24, 2.45) is 9.98 Å². The lowest BCUT2D eigenvalue weighted by Crippen LogP contribution is -2.51. The van der Waals surface area contributed by atoms with Gasteiger partial charge >= 0.3 is 18.1 Å². The number of aromatic carboxylic acids is 1. The molecule has 2 aromatic carbocycles. The van der Waals surface area contributed by atoms with Crippen LogP contribution in [0.3, 0.4) is 0 Å². The number of methoxy groups -OCH3 is 1. The van der Waals surface area contributed by atoms with E-state index in [9.17, 15) is 33.0 Å². The first-order valence-corrected chi connectivity index (χ1v) is 10.6. The Kier molecular flexibility index (Phi) is 7.47. The second-order valence-electron chi connectivity index (χ2n) is 7.81. The third-order valence-electron chi connectivity index (χ3n) is 5.36. The molecule has 8 nitrogen and oxygen atoms in total. The Morgan fingerprint density at radius 2 is 1.77 bits per heavy atom. The van der Waals surface area contributed by atoms with Crippen molar-refractivity contribution in [3.8, 4) is 11.5 Å². The van der Waals surface area contributed by atoms with Crippen molar-refractivity contribution in [3.05, 3.63) is 59.2 Å². The number of ether oxygens (including phenoxy) is 2. The summed E-state index contributed by atoms with van der Waals surface area (Å²) in [7, 11) is 1.34. The maximum absolute atomic E-state index is 13.7. The molecule has 0 aromatic heterocycles. The minimum absolute atomic E-state index is 0.0235. The van der Waals surface area contributed by atoms with Crippen molar-refractivity contribution in [2.75, 3.05) is 7.11 Å². The highest BCUT2D eigenvalue weighted by atomic mass is 19.4. The van der Waals surface area contributed by atoms with Crippen LogP contribution in [0.25, 0.3) is 0 Å². The number of hydrogen-bond acceptors (Lipinski definition) is 6. The van der Waals surface area contributed by atoms with Crippen molar-refractivity contribution in [2.45, 2.75) is 44.5 Å². The van der Waals surface area contributed by atoms with E-state index >= 15 is 0 Å². The number of nitrogens with zero attached hydrogens (tertiary/aromatic N) is 2. The molecule has 1 aliphatic heterocycles. The first kappa shape index (κ1) is 25.7. The number of aliphatic imine (C=N–C) groups is 2. The Morgan fingerprint density at radius 1 is 1.09 bits per heavy atom. The van der Waals surface area contributed by atoms with Gasteiger partial charge in [0.25, 0.3) is 0 Å². The number of hydrogen-bond donors (Lipinski definition) is 2. The highest BCUT2D eigenvalue weighted by molar-refractivity contribution is 6.21. The van der Waals surface area contributed by atoms with Crippen molar-refractivity contribution < 1.29 is 42.4 Å². The number of carboxylic acid groups (broad SMARTS) is 2. The van der Waals surface area contributed by atoms with Gasteiger partial charge in [0.2, 0.25) is 5.54 Å². The third-order valence-corrected chi connectivity index (χ3v) is 5.36. The average molecular weight is 492 g/mol. The van der Waals surface area contributed by atoms with Crippen LogP contribution >= 0.6 is 0 Å². The summed E-state index contributed by atoms with van der Waals surface area (Å²) >= 11 is 0. The molecule has 0 bridgehead atoms. The number of carbonyl (C=O) groups is 2. The molecule has 0 saturated heterocycles. The third kappa shape index (κ3) is 5.44. The summed E-state index contributed by atoms with van der Waals surface area (Å²) < 4.78 is 51.8. The Hall–Kier alpha value is -3.89. The van der Waals surface area contributed by atoms with E-state index in [4.69, 9.17) is 9.47 Å². The number of para-hydroxylation sites is 1. The number of aliphatic carboxylic acids is 1. The second kappa shape index (κ2) is 10.2. The van der Waals surface area contributed by atoms with E-state index in [1.165, 1.54) is 37.4 Å². The van der Waals surface area contributed by atoms with Crippen LogP contribution < -0.4 is 9.47 Å². The van der Waals surface area contributed by atoms with Gasteiger partial charge in [-0.15, -0.1) is 0 Å². The summed E-state index contributed by atoms with van der Waals surface area (Å²) in [5.41, 5.74) is -3.24. The van der Waals surface area contributed by atoms with Crippen LogP contribution in [0.5, 0.6) is 11.5 Å².